The molecule has 0 amide bonds. The van der Waals surface area contributed by atoms with Gasteiger partial charge in [-0.15, -0.1) is 0 Å². The number of hydrogen-bond acceptors (Lipinski definition) is 2. The molecule has 0 radical (unpaired) electrons. The molecule has 76 valence electrons. The zero-order chi connectivity index (χ0) is 9.84. The van der Waals surface area contributed by atoms with Crippen LogP contribution in [0, 0.1) is 5.92 Å². The van der Waals surface area contributed by atoms with Crippen LogP contribution < -0.4 is 5.73 Å². The normalized spacial score (nSPS) is 21.6. The number of nitrogens with two attached hydrogens (primary N) is 1. The molecule has 0 saturated carbocycles. The second-order valence-corrected chi connectivity index (χ2v) is 4.36. The van der Waals surface area contributed by atoms with Crippen molar-refractivity contribution in [1.29, 1.82) is 0 Å². The van der Waals surface area contributed by atoms with Gasteiger partial charge in [-0.3, -0.25) is 0 Å². The van der Waals surface area contributed by atoms with Gasteiger partial charge in [-0.25, -0.2) is 0 Å². The summed E-state index contributed by atoms with van der Waals surface area (Å²) in [5.41, 5.74) is 6.07. The predicted molar refractivity (Wildman–Crippen MR) is 60.8 cm³/mol. The average molecular weight is 200 g/mol. The van der Waals surface area contributed by atoms with Gasteiger partial charge in [0.1, 0.15) is 0 Å². The van der Waals surface area contributed by atoms with Gasteiger partial charge in [-0.1, -0.05) is 32.5 Å². The summed E-state index contributed by atoms with van der Waals surface area (Å²) in [7, 11) is 0. The Morgan fingerprint density at radius 1 is 1.46 bits per heavy atom. The summed E-state index contributed by atoms with van der Waals surface area (Å²) >= 11 is 5.38. The molecule has 1 saturated heterocycles. The van der Waals surface area contributed by atoms with Crippen LogP contribution in [-0.2, 0) is 0 Å². The van der Waals surface area contributed by atoms with Gasteiger partial charge in [-0.05, 0) is 18.8 Å². The van der Waals surface area contributed by atoms with Gasteiger partial charge in [0.15, 0.2) is 0 Å². The quantitative estimate of drug-likeness (QED) is 0.704. The molecule has 2 atom stereocenters. The van der Waals surface area contributed by atoms with Gasteiger partial charge in [0.25, 0.3) is 0 Å². The summed E-state index contributed by atoms with van der Waals surface area (Å²) < 4.78 is 0. The third-order valence-corrected chi connectivity index (χ3v) is 3.49. The van der Waals surface area contributed by atoms with Crippen molar-refractivity contribution < 1.29 is 0 Å². The molecule has 13 heavy (non-hydrogen) atoms. The van der Waals surface area contributed by atoms with Crippen LogP contribution in [0.4, 0.5) is 0 Å². The van der Waals surface area contributed by atoms with E-state index >= 15 is 0 Å². The summed E-state index contributed by atoms with van der Waals surface area (Å²) in [5.74, 6) is 0.507. The molecule has 0 aromatic rings. The lowest BCUT2D eigenvalue weighted by Crippen LogP contribution is -2.44. The Hall–Kier alpha value is -0.150. The number of nitrogens with zero attached hydrogens (tertiary/aromatic N) is 1. The van der Waals surface area contributed by atoms with Gasteiger partial charge in [-0.2, -0.15) is 0 Å². The third kappa shape index (κ3) is 2.64. The Morgan fingerprint density at radius 2 is 2.00 bits per heavy atom. The molecular formula is C10H20N2S. The lowest BCUT2D eigenvalue weighted by Gasteiger charge is -2.26. The summed E-state index contributed by atoms with van der Waals surface area (Å²) in [5, 5.41) is 0. The number of thiocarbonyl (C=S) groups is 1. The van der Waals surface area contributed by atoms with Crippen LogP contribution in [0.2, 0.25) is 0 Å². The third-order valence-electron chi connectivity index (χ3n) is 2.96. The first-order valence-electron chi connectivity index (χ1n) is 5.21. The molecule has 1 fully saturated rings. The Labute approximate surface area is 86.5 Å². The van der Waals surface area contributed by atoms with E-state index in [9.17, 15) is 0 Å². The molecule has 3 heteroatoms. The van der Waals surface area contributed by atoms with Crippen LogP contribution >= 0.6 is 12.2 Å². The molecule has 1 aliphatic heterocycles. The highest BCUT2D eigenvalue weighted by Crippen LogP contribution is 2.14. The van der Waals surface area contributed by atoms with Crippen LogP contribution in [0.1, 0.15) is 33.1 Å². The van der Waals surface area contributed by atoms with Crippen LogP contribution in [-0.4, -0.2) is 29.0 Å². The molecule has 2 N–H and O–H groups in total. The van der Waals surface area contributed by atoms with Crippen molar-refractivity contribution in [2.75, 3.05) is 13.1 Å². The predicted octanol–water partition coefficient (Wildman–Crippen LogP) is 1.78. The van der Waals surface area contributed by atoms with Crippen molar-refractivity contribution >= 4 is 17.2 Å². The molecule has 0 unspecified atom stereocenters. The summed E-state index contributed by atoms with van der Waals surface area (Å²) in [6, 6.07) is 0.0816. The van der Waals surface area contributed by atoms with Crippen molar-refractivity contribution in [3.63, 3.8) is 0 Å². The van der Waals surface area contributed by atoms with Gasteiger partial charge in [0, 0.05) is 13.1 Å². The van der Waals surface area contributed by atoms with E-state index in [1.165, 1.54) is 12.8 Å². The minimum atomic E-state index is 0.0816. The maximum atomic E-state index is 6.07. The van der Waals surface area contributed by atoms with Crippen LogP contribution in [0.5, 0.6) is 0 Å². The average Bonchev–Trinajstić information content (AvgIpc) is 2.67. The Kier molecular flexibility index (Phi) is 4.13. The first kappa shape index (κ1) is 10.9. The lowest BCUT2D eigenvalue weighted by atomic mass is 10.00. The van der Waals surface area contributed by atoms with Gasteiger partial charge < -0.3 is 10.6 Å². The lowest BCUT2D eigenvalue weighted by molar-refractivity contribution is 0.453. The molecule has 0 bridgehead atoms. The minimum absolute atomic E-state index is 0.0816. The highest BCUT2D eigenvalue weighted by atomic mass is 32.1. The van der Waals surface area contributed by atoms with E-state index in [0.717, 1.165) is 24.5 Å². The highest BCUT2D eigenvalue weighted by Gasteiger charge is 2.22. The van der Waals surface area contributed by atoms with Gasteiger partial charge in [0.05, 0.1) is 11.0 Å². The molecule has 1 rings (SSSR count). The van der Waals surface area contributed by atoms with Crippen molar-refractivity contribution in [1.82, 2.24) is 4.90 Å². The van der Waals surface area contributed by atoms with Crippen LogP contribution in [0.3, 0.4) is 0 Å². The SMILES string of the molecule is CC[C@@H](C)[C@H](N)C(=S)N1CCCC1. The summed E-state index contributed by atoms with van der Waals surface area (Å²) in [6.45, 7) is 6.57. The molecule has 0 aromatic carbocycles. The zero-order valence-electron chi connectivity index (χ0n) is 8.62. The Morgan fingerprint density at radius 3 is 2.46 bits per heavy atom. The Balaban J connectivity index is 2.45. The maximum absolute atomic E-state index is 6.07. The first-order chi connectivity index (χ1) is 6.16. The molecule has 0 aromatic heterocycles. The van der Waals surface area contributed by atoms with Crippen molar-refractivity contribution in [3.8, 4) is 0 Å². The fourth-order valence-corrected chi connectivity index (χ4v) is 2.06. The van der Waals surface area contributed by atoms with E-state index in [0.29, 0.717) is 5.92 Å². The fraction of sp³-hybridized carbons (Fsp3) is 0.900. The fourth-order valence-electron chi connectivity index (χ4n) is 1.65. The molecule has 2 nitrogen and oxygen atoms in total. The van der Waals surface area contributed by atoms with E-state index in [-0.39, 0.29) is 6.04 Å². The first-order valence-corrected chi connectivity index (χ1v) is 5.62. The second-order valence-electron chi connectivity index (χ2n) is 3.94. The smallest absolute Gasteiger partial charge is 0.0952 e. The van der Waals surface area contributed by atoms with E-state index in [1.807, 2.05) is 0 Å². The topological polar surface area (TPSA) is 29.3 Å². The largest absolute Gasteiger partial charge is 0.365 e. The highest BCUT2D eigenvalue weighted by molar-refractivity contribution is 7.80. The molecular weight excluding hydrogens is 180 g/mol. The molecule has 0 spiro atoms. The maximum Gasteiger partial charge on any atom is 0.0952 e. The van der Waals surface area contributed by atoms with E-state index in [1.54, 1.807) is 0 Å². The van der Waals surface area contributed by atoms with Crippen molar-refractivity contribution in [3.05, 3.63) is 0 Å². The molecule has 1 aliphatic rings. The van der Waals surface area contributed by atoms with E-state index in [4.69, 9.17) is 18.0 Å². The van der Waals surface area contributed by atoms with Crippen LogP contribution in [0.15, 0.2) is 0 Å². The number of hydrogen-bond donors (Lipinski definition) is 1. The summed E-state index contributed by atoms with van der Waals surface area (Å²) in [6.07, 6.45) is 3.65. The monoisotopic (exact) mass is 200 g/mol. The zero-order valence-corrected chi connectivity index (χ0v) is 9.44. The number of likely N-dealkylation sites (tertiary alicyclic amines) is 1. The van der Waals surface area contributed by atoms with Gasteiger partial charge >= 0.3 is 0 Å². The minimum Gasteiger partial charge on any atom is -0.365 e. The Bertz CT molecular complexity index is 176. The second kappa shape index (κ2) is 4.91. The standard InChI is InChI=1S/C10H20N2S/c1-3-8(2)9(11)10(13)12-6-4-5-7-12/h8-9H,3-7,11H2,1-2H3/t8-,9+/m1/s1. The van der Waals surface area contributed by atoms with Gasteiger partial charge in [0.2, 0.25) is 0 Å². The van der Waals surface area contributed by atoms with E-state index < -0.39 is 0 Å². The van der Waals surface area contributed by atoms with Crippen LogP contribution in [0.25, 0.3) is 0 Å². The van der Waals surface area contributed by atoms with Crippen molar-refractivity contribution in [2.24, 2.45) is 11.7 Å². The van der Waals surface area contributed by atoms with E-state index in [2.05, 4.69) is 18.7 Å². The number of rotatable bonds is 3. The molecule has 1 heterocycles. The summed E-state index contributed by atoms with van der Waals surface area (Å²) in [4.78, 5) is 3.25. The molecule has 0 aliphatic carbocycles. The van der Waals surface area contributed by atoms with Crippen molar-refractivity contribution in [2.45, 2.75) is 39.2 Å².